The van der Waals surface area contributed by atoms with Crippen LogP contribution >= 0.6 is 0 Å². The molecule has 3 aromatic rings. The largest absolute Gasteiger partial charge is 0.490 e. The minimum atomic E-state index is -5.08. The number of aliphatic carboxylic acids is 1. The molecule has 1 fully saturated rings. The number of hydrogen-bond donors (Lipinski definition) is 5. The summed E-state index contributed by atoms with van der Waals surface area (Å²) in [6.45, 7) is 5.00. The fourth-order valence-electron chi connectivity index (χ4n) is 7.06. The van der Waals surface area contributed by atoms with Crippen LogP contribution in [-0.4, -0.2) is 110 Å². The van der Waals surface area contributed by atoms with Crippen molar-refractivity contribution < 1.29 is 60.9 Å². The number of imide groups is 1. The van der Waals surface area contributed by atoms with E-state index in [-0.39, 0.29) is 49.6 Å². The summed E-state index contributed by atoms with van der Waals surface area (Å²) in [5, 5.41) is 27.6. The zero-order valence-corrected chi connectivity index (χ0v) is 33.6. The van der Waals surface area contributed by atoms with E-state index >= 15 is 0 Å². The zero-order valence-electron chi connectivity index (χ0n) is 33.6. The number of rotatable bonds is 15. The Kier molecular flexibility index (Phi) is 16.0. The molecule has 1 saturated carbocycles. The van der Waals surface area contributed by atoms with E-state index in [2.05, 4.69) is 10.6 Å². The first-order chi connectivity index (χ1) is 28.6. The Bertz CT molecular complexity index is 2090. The quantitative estimate of drug-likeness (QED) is 0.111. The van der Waals surface area contributed by atoms with Gasteiger partial charge < -0.3 is 31.5 Å². The van der Waals surface area contributed by atoms with Crippen LogP contribution in [0.2, 0.25) is 0 Å². The number of carboxylic acids is 1. The van der Waals surface area contributed by atoms with E-state index in [0.717, 1.165) is 28.7 Å². The van der Waals surface area contributed by atoms with Crippen molar-refractivity contribution in [2.75, 3.05) is 26.2 Å². The minimum absolute atomic E-state index is 0.0246. The Labute approximate surface area is 347 Å². The van der Waals surface area contributed by atoms with Crippen LogP contribution < -0.4 is 16.4 Å². The Morgan fingerprint density at radius 3 is 2.23 bits per heavy atom. The standard InChI is InChI=1S/C39H47F2N7O6.C2HF3O2/c1-39(2,3)36(35-26(19-24-7-5-4-6-8-24)22-48(45-35)31-21-27(40)10-12-29(31)41)47(34(52)23-49)17-15-30(42)38(54)44-28-11-9-25(20-28)37(53)43-16-18-46-32(50)13-14-33(46)51;3-2(4,5)1(6)7/h4-8,10,12-14,21-22,25,28,30,36,49H,9,11,15-20,23,42H2,1-3H3,(H,43,53)(H,44,54);(H,6,7)/t25-,28+,30-,36-;/m0./s1. The Balaban J connectivity index is 0.00000107. The van der Waals surface area contributed by atoms with Crippen molar-refractivity contribution in [3.05, 3.63) is 95.3 Å². The van der Waals surface area contributed by atoms with Gasteiger partial charge in [0.1, 0.15) is 23.9 Å². The molecular weight excluding hydrogens is 813 g/mol. The van der Waals surface area contributed by atoms with Gasteiger partial charge in [-0.15, -0.1) is 0 Å². The lowest BCUT2D eigenvalue weighted by Gasteiger charge is -2.40. The molecule has 0 unspecified atom stereocenters. The lowest BCUT2D eigenvalue weighted by molar-refractivity contribution is -0.192. The van der Waals surface area contributed by atoms with E-state index in [4.69, 9.17) is 20.7 Å². The third kappa shape index (κ3) is 13.0. The molecule has 0 bridgehead atoms. The first kappa shape index (κ1) is 47.7. The molecule has 2 heterocycles. The Morgan fingerprint density at radius 1 is 1.00 bits per heavy atom. The highest BCUT2D eigenvalue weighted by Gasteiger charge is 2.40. The van der Waals surface area contributed by atoms with Crippen molar-refractivity contribution in [3.8, 4) is 5.69 Å². The van der Waals surface area contributed by atoms with Crippen LogP contribution in [0.5, 0.6) is 0 Å². The molecule has 0 radical (unpaired) electrons. The Morgan fingerprint density at radius 2 is 1.64 bits per heavy atom. The van der Waals surface area contributed by atoms with Gasteiger partial charge >= 0.3 is 12.1 Å². The van der Waals surface area contributed by atoms with Crippen molar-refractivity contribution in [2.45, 2.75) is 77.2 Å². The zero-order chi connectivity index (χ0) is 45.2. The number of carbonyl (C=O) groups excluding carboxylic acids is 5. The monoisotopic (exact) mass is 861 g/mol. The van der Waals surface area contributed by atoms with Crippen LogP contribution in [0, 0.1) is 23.0 Å². The number of carbonyl (C=O) groups is 6. The van der Waals surface area contributed by atoms with Crippen molar-refractivity contribution in [2.24, 2.45) is 17.1 Å². The molecule has 2 aromatic carbocycles. The Hall–Kier alpha value is -6.02. The lowest BCUT2D eigenvalue weighted by atomic mass is 9.81. The topological polar surface area (TPSA) is 217 Å². The maximum absolute atomic E-state index is 15.0. The number of aromatic nitrogens is 2. The van der Waals surface area contributed by atoms with Crippen LogP contribution in [0.4, 0.5) is 22.0 Å². The summed E-state index contributed by atoms with van der Waals surface area (Å²) in [4.78, 5) is 74.4. The summed E-state index contributed by atoms with van der Waals surface area (Å²) in [5.41, 5.74) is 7.55. The number of hydrogen-bond acceptors (Lipinski definition) is 9. The normalized spacial score (nSPS) is 17.4. The van der Waals surface area contributed by atoms with Gasteiger partial charge in [-0.3, -0.25) is 28.9 Å². The van der Waals surface area contributed by atoms with Crippen LogP contribution in [0.3, 0.4) is 0 Å². The number of carboxylic acid groups (broad SMARTS) is 1. The predicted octanol–water partition coefficient (Wildman–Crippen LogP) is 3.33. The molecular formula is C41H48F5N7O8. The highest BCUT2D eigenvalue weighted by atomic mass is 19.4. The smallest absolute Gasteiger partial charge is 0.475 e. The second-order valence-electron chi connectivity index (χ2n) is 15.6. The molecule has 1 aliphatic carbocycles. The number of nitrogens with zero attached hydrogens (tertiary/aromatic N) is 4. The summed E-state index contributed by atoms with van der Waals surface area (Å²) >= 11 is 0. The van der Waals surface area contributed by atoms with Gasteiger partial charge in [-0.05, 0) is 48.8 Å². The number of benzene rings is 2. The minimum Gasteiger partial charge on any atom is -0.475 e. The average Bonchev–Trinajstić information content (AvgIpc) is 3.92. The SMILES string of the molecule is CC(C)(C)[C@H](c1nn(-c2cc(F)ccc2F)cc1Cc1ccccc1)N(CC[C@H](N)C(=O)N[C@@H]1CC[C@H](C(=O)NCCN2C(=O)C=CC2=O)C1)C(=O)CO.O=C(O)C(F)(F)F. The highest BCUT2D eigenvalue weighted by Crippen LogP contribution is 2.40. The summed E-state index contributed by atoms with van der Waals surface area (Å²) in [5.74, 6) is -6.63. The molecule has 15 nitrogen and oxygen atoms in total. The first-order valence-corrected chi connectivity index (χ1v) is 19.3. The fraction of sp³-hybridized carbons (Fsp3) is 0.439. The van der Waals surface area contributed by atoms with Crippen LogP contribution in [0.15, 0.2) is 66.9 Å². The molecule has 330 valence electrons. The van der Waals surface area contributed by atoms with Gasteiger partial charge in [0.15, 0.2) is 0 Å². The van der Waals surface area contributed by atoms with Gasteiger partial charge in [0, 0.05) is 68.0 Å². The molecule has 5 amide bonds. The van der Waals surface area contributed by atoms with Gasteiger partial charge in [-0.2, -0.15) is 18.3 Å². The van der Waals surface area contributed by atoms with Crippen LogP contribution in [-0.2, 0) is 35.2 Å². The van der Waals surface area contributed by atoms with E-state index in [1.54, 1.807) is 6.20 Å². The van der Waals surface area contributed by atoms with Crippen LogP contribution in [0.25, 0.3) is 5.69 Å². The third-order valence-corrected chi connectivity index (χ3v) is 10.0. The van der Waals surface area contributed by atoms with Crippen LogP contribution in [0.1, 0.15) is 69.3 Å². The summed E-state index contributed by atoms with van der Waals surface area (Å²) in [6, 6.07) is 10.4. The molecule has 2 aliphatic rings. The van der Waals surface area contributed by atoms with Crippen molar-refractivity contribution in [1.29, 1.82) is 0 Å². The van der Waals surface area contributed by atoms with E-state index in [1.165, 1.54) is 21.7 Å². The summed E-state index contributed by atoms with van der Waals surface area (Å²) in [6.07, 6.45) is 0.732. The molecule has 6 N–H and O–H groups in total. The molecule has 1 aromatic heterocycles. The number of amides is 5. The molecule has 1 aliphatic heterocycles. The second kappa shape index (κ2) is 20.5. The second-order valence-corrected chi connectivity index (χ2v) is 15.6. The van der Waals surface area contributed by atoms with Crippen molar-refractivity contribution in [3.63, 3.8) is 0 Å². The van der Waals surface area contributed by atoms with E-state index in [0.29, 0.717) is 36.9 Å². The van der Waals surface area contributed by atoms with Gasteiger partial charge in [0.05, 0.1) is 17.8 Å². The fourth-order valence-corrected chi connectivity index (χ4v) is 7.06. The molecule has 0 spiro atoms. The van der Waals surface area contributed by atoms with E-state index < -0.39 is 71.5 Å². The maximum Gasteiger partial charge on any atom is 0.490 e. The number of nitrogens with one attached hydrogen (secondary N) is 2. The number of aliphatic hydroxyl groups excluding tert-OH is 1. The number of halogens is 5. The highest BCUT2D eigenvalue weighted by molar-refractivity contribution is 6.12. The number of nitrogens with two attached hydrogens (primary N) is 1. The first-order valence-electron chi connectivity index (χ1n) is 19.3. The molecule has 4 atom stereocenters. The maximum atomic E-state index is 15.0. The average molecular weight is 862 g/mol. The summed E-state index contributed by atoms with van der Waals surface area (Å²) < 4.78 is 62.3. The van der Waals surface area contributed by atoms with Gasteiger partial charge in [0.25, 0.3) is 11.8 Å². The molecule has 20 heteroatoms. The van der Waals surface area contributed by atoms with Crippen molar-refractivity contribution in [1.82, 2.24) is 30.2 Å². The van der Waals surface area contributed by atoms with Crippen molar-refractivity contribution >= 4 is 35.5 Å². The number of alkyl halides is 3. The molecule has 5 rings (SSSR count). The number of aliphatic hydroxyl groups is 1. The van der Waals surface area contributed by atoms with E-state index in [9.17, 15) is 51.0 Å². The third-order valence-electron chi connectivity index (χ3n) is 10.0. The summed E-state index contributed by atoms with van der Waals surface area (Å²) in [7, 11) is 0. The lowest BCUT2D eigenvalue weighted by Crippen LogP contribution is -2.49. The predicted molar refractivity (Wildman–Crippen MR) is 208 cm³/mol. The van der Waals surface area contributed by atoms with Gasteiger partial charge in [-0.1, -0.05) is 51.1 Å². The van der Waals surface area contributed by atoms with E-state index in [1.807, 2.05) is 51.1 Å². The van der Waals surface area contributed by atoms with Gasteiger partial charge in [-0.25, -0.2) is 18.3 Å². The van der Waals surface area contributed by atoms with Gasteiger partial charge in [0.2, 0.25) is 17.7 Å². The molecule has 61 heavy (non-hydrogen) atoms. The molecule has 0 saturated heterocycles.